The number of pyridine rings is 1. The fourth-order valence-corrected chi connectivity index (χ4v) is 3.79. The van der Waals surface area contributed by atoms with Gasteiger partial charge in [-0.15, -0.1) is 11.3 Å². The zero-order valence-corrected chi connectivity index (χ0v) is 14.2. The lowest BCUT2D eigenvalue weighted by molar-refractivity contribution is 0.0942. The third-order valence-electron chi connectivity index (χ3n) is 4.32. The summed E-state index contributed by atoms with van der Waals surface area (Å²) >= 11 is 1.63. The molecule has 1 aliphatic rings. The molecule has 122 valence electrons. The first kappa shape index (κ1) is 15.1. The molecule has 1 aromatic carbocycles. The number of carbonyl (C=O) groups excluding carboxylic acids is 1. The first-order valence-electron chi connectivity index (χ1n) is 8.02. The van der Waals surface area contributed by atoms with Crippen molar-refractivity contribution in [3.8, 4) is 0 Å². The Morgan fingerprint density at radius 1 is 1.33 bits per heavy atom. The minimum atomic E-state index is -0.0512. The van der Waals surface area contributed by atoms with Crippen molar-refractivity contribution in [3.63, 3.8) is 0 Å². The van der Waals surface area contributed by atoms with E-state index in [1.54, 1.807) is 11.3 Å². The van der Waals surface area contributed by atoms with E-state index in [1.165, 1.54) is 0 Å². The number of carbonyl (C=O) groups is 1. The molecule has 0 spiro atoms. The second kappa shape index (κ2) is 6.20. The fraction of sp³-hybridized carbons (Fsp3) is 0.278. The Kier molecular flexibility index (Phi) is 3.90. The predicted molar refractivity (Wildman–Crippen MR) is 96.7 cm³/mol. The van der Waals surface area contributed by atoms with Crippen molar-refractivity contribution in [1.29, 1.82) is 0 Å². The SMILES string of the molecule is Cc1ccc2cccc(C(=O)NC3CCN(c4nccs4)C3)c2n1. The van der Waals surface area contributed by atoms with Crippen molar-refractivity contribution in [2.75, 3.05) is 18.0 Å². The van der Waals surface area contributed by atoms with Gasteiger partial charge in [-0.25, -0.2) is 4.98 Å². The van der Waals surface area contributed by atoms with Crippen LogP contribution in [-0.2, 0) is 0 Å². The molecule has 2 aromatic heterocycles. The number of nitrogens with one attached hydrogen (secondary N) is 1. The van der Waals surface area contributed by atoms with E-state index in [4.69, 9.17) is 0 Å². The molecular weight excluding hydrogens is 320 g/mol. The molecule has 6 heteroatoms. The van der Waals surface area contributed by atoms with Gasteiger partial charge < -0.3 is 10.2 Å². The van der Waals surface area contributed by atoms with Crippen molar-refractivity contribution in [3.05, 3.63) is 53.2 Å². The number of nitrogens with zero attached hydrogens (tertiary/aromatic N) is 3. The standard InChI is InChI=1S/C18H18N4OS/c1-12-5-6-13-3-2-4-15(16(13)20-12)17(23)21-14-7-9-22(11-14)18-19-8-10-24-18/h2-6,8,10,14H,7,9,11H2,1H3,(H,21,23). The molecule has 1 fully saturated rings. The molecule has 4 rings (SSSR count). The largest absolute Gasteiger partial charge is 0.347 e. The molecule has 5 nitrogen and oxygen atoms in total. The second-order valence-electron chi connectivity index (χ2n) is 6.05. The van der Waals surface area contributed by atoms with E-state index in [-0.39, 0.29) is 11.9 Å². The molecule has 1 saturated heterocycles. The first-order chi connectivity index (χ1) is 11.7. The van der Waals surface area contributed by atoms with Crippen LogP contribution in [0.2, 0.25) is 0 Å². The monoisotopic (exact) mass is 338 g/mol. The topological polar surface area (TPSA) is 58.1 Å². The van der Waals surface area contributed by atoms with E-state index >= 15 is 0 Å². The Balaban J connectivity index is 1.52. The Morgan fingerprint density at radius 2 is 2.25 bits per heavy atom. The summed E-state index contributed by atoms with van der Waals surface area (Å²) in [6, 6.07) is 9.85. The van der Waals surface area contributed by atoms with Crippen molar-refractivity contribution in [1.82, 2.24) is 15.3 Å². The van der Waals surface area contributed by atoms with Gasteiger partial charge in [0.05, 0.1) is 11.1 Å². The van der Waals surface area contributed by atoms with E-state index in [1.807, 2.05) is 48.8 Å². The number of thiazole rings is 1. The lowest BCUT2D eigenvalue weighted by atomic mass is 10.1. The summed E-state index contributed by atoms with van der Waals surface area (Å²) in [6.07, 6.45) is 2.75. The zero-order chi connectivity index (χ0) is 16.5. The van der Waals surface area contributed by atoms with Crippen LogP contribution >= 0.6 is 11.3 Å². The van der Waals surface area contributed by atoms with Crippen molar-refractivity contribution >= 4 is 33.3 Å². The number of amides is 1. The van der Waals surface area contributed by atoms with E-state index in [0.29, 0.717) is 5.56 Å². The highest BCUT2D eigenvalue weighted by molar-refractivity contribution is 7.13. The van der Waals surface area contributed by atoms with Crippen LogP contribution in [0.15, 0.2) is 41.9 Å². The third-order valence-corrected chi connectivity index (χ3v) is 5.15. The molecule has 24 heavy (non-hydrogen) atoms. The molecule has 1 amide bonds. The molecule has 0 aliphatic carbocycles. The summed E-state index contributed by atoms with van der Waals surface area (Å²) in [4.78, 5) is 23.8. The van der Waals surface area contributed by atoms with Gasteiger partial charge in [0, 0.05) is 41.8 Å². The molecule has 1 N–H and O–H groups in total. The van der Waals surface area contributed by atoms with Gasteiger partial charge in [0.25, 0.3) is 5.91 Å². The third kappa shape index (κ3) is 2.85. The lowest BCUT2D eigenvalue weighted by Gasteiger charge is -2.16. The molecule has 1 aliphatic heterocycles. The molecule has 3 aromatic rings. The highest BCUT2D eigenvalue weighted by atomic mass is 32.1. The Hall–Kier alpha value is -2.47. The highest BCUT2D eigenvalue weighted by Crippen LogP contribution is 2.23. The van der Waals surface area contributed by atoms with Crippen LogP contribution in [0.4, 0.5) is 5.13 Å². The van der Waals surface area contributed by atoms with E-state index in [2.05, 4.69) is 20.2 Å². The predicted octanol–water partition coefficient (Wildman–Crippen LogP) is 3.01. The van der Waals surface area contributed by atoms with Crippen LogP contribution in [-0.4, -0.2) is 35.0 Å². The molecule has 0 saturated carbocycles. The van der Waals surface area contributed by atoms with Crippen LogP contribution in [0.3, 0.4) is 0 Å². The number of aromatic nitrogens is 2. The van der Waals surface area contributed by atoms with E-state index in [9.17, 15) is 4.79 Å². The van der Waals surface area contributed by atoms with Crippen LogP contribution in [0, 0.1) is 6.92 Å². The number of rotatable bonds is 3. The fourth-order valence-electron chi connectivity index (χ4n) is 3.11. The van der Waals surface area contributed by atoms with E-state index < -0.39 is 0 Å². The molecule has 0 bridgehead atoms. The van der Waals surface area contributed by atoms with Crippen molar-refractivity contribution < 1.29 is 4.79 Å². The van der Waals surface area contributed by atoms with Crippen molar-refractivity contribution in [2.24, 2.45) is 0 Å². The number of fused-ring (bicyclic) bond motifs is 1. The molecule has 1 unspecified atom stereocenters. The van der Waals surface area contributed by atoms with E-state index in [0.717, 1.165) is 41.2 Å². The van der Waals surface area contributed by atoms with Crippen LogP contribution in [0.5, 0.6) is 0 Å². The number of hydrogen-bond donors (Lipinski definition) is 1. The van der Waals surface area contributed by atoms with Gasteiger partial charge in [-0.1, -0.05) is 18.2 Å². The summed E-state index contributed by atoms with van der Waals surface area (Å²) in [7, 11) is 0. The molecule has 0 radical (unpaired) electrons. The molecular formula is C18H18N4OS. The van der Waals surface area contributed by atoms with Crippen LogP contribution < -0.4 is 10.2 Å². The molecule has 1 atom stereocenters. The lowest BCUT2D eigenvalue weighted by Crippen LogP contribution is -2.37. The second-order valence-corrected chi connectivity index (χ2v) is 6.92. The zero-order valence-electron chi connectivity index (χ0n) is 13.4. The Bertz CT molecular complexity index is 878. The molecule has 3 heterocycles. The number of hydrogen-bond acceptors (Lipinski definition) is 5. The number of aryl methyl sites for hydroxylation is 1. The average molecular weight is 338 g/mol. The smallest absolute Gasteiger partial charge is 0.253 e. The Morgan fingerprint density at radius 3 is 3.08 bits per heavy atom. The first-order valence-corrected chi connectivity index (χ1v) is 8.90. The number of benzene rings is 1. The summed E-state index contributed by atoms with van der Waals surface area (Å²) in [5.41, 5.74) is 2.33. The van der Waals surface area contributed by atoms with Gasteiger partial charge >= 0.3 is 0 Å². The highest BCUT2D eigenvalue weighted by Gasteiger charge is 2.26. The quantitative estimate of drug-likeness (QED) is 0.797. The number of anilines is 1. The minimum Gasteiger partial charge on any atom is -0.347 e. The van der Waals surface area contributed by atoms with Gasteiger partial charge in [0.2, 0.25) is 0 Å². The normalized spacial score (nSPS) is 17.4. The summed E-state index contributed by atoms with van der Waals surface area (Å²) < 4.78 is 0. The number of para-hydroxylation sites is 1. The van der Waals surface area contributed by atoms with Gasteiger partial charge in [0.1, 0.15) is 0 Å². The maximum atomic E-state index is 12.7. The maximum Gasteiger partial charge on any atom is 0.253 e. The van der Waals surface area contributed by atoms with Gasteiger partial charge in [-0.2, -0.15) is 0 Å². The van der Waals surface area contributed by atoms with Crippen LogP contribution in [0.25, 0.3) is 10.9 Å². The van der Waals surface area contributed by atoms with Gasteiger partial charge in [-0.05, 0) is 25.5 Å². The maximum absolute atomic E-state index is 12.7. The Labute approximate surface area is 144 Å². The summed E-state index contributed by atoms with van der Waals surface area (Å²) in [6.45, 7) is 3.67. The average Bonchev–Trinajstić information content (AvgIpc) is 3.25. The van der Waals surface area contributed by atoms with Crippen LogP contribution in [0.1, 0.15) is 22.5 Å². The summed E-state index contributed by atoms with van der Waals surface area (Å²) in [5.74, 6) is -0.0512. The van der Waals surface area contributed by atoms with Gasteiger partial charge in [-0.3, -0.25) is 9.78 Å². The van der Waals surface area contributed by atoms with Crippen molar-refractivity contribution in [2.45, 2.75) is 19.4 Å². The van der Waals surface area contributed by atoms with Gasteiger partial charge in [0.15, 0.2) is 5.13 Å². The summed E-state index contributed by atoms with van der Waals surface area (Å²) in [5, 5.41) is 7.14. The minimum absolute atomic E-state index is 0.0512.